The minimum absolute atomic E-state index is 0.113. The van der Waals surface area contributed by atoms with Gasteiger partial charge in [0.05, 0.1) is 0 Å². The Balaban J connectivity index is 1.80. The zero-order chi connectivity index (χ0) is 16.4. The first-order chi connectivity index (χ1) is 11.0. The smallest absolute Gasteiger partial charge is 0.125 e. The molecule has 2 unspecified atom stereocenters. The minimum atomic E-state index is -0.195. The summed E-state index contributed by atoms with van der Waals surface area (Å²) in [6, 6.07) is 15.8. The Bertz CT molecular complexity index is 651. The van der Waals surface area contributed by atoms with Crippen LogP contribution in [0.25, 0.3) is 0 Å². The van der Waals surface area contributed by atoms with Gasteiger partial charge >= 0.3 is 0 Å². The van der Waals surface area contributed by atoms with Crippen molar-refractivity contribution < 1.29 is 4.39 Å². The van der Waals surface area contributed by atoms with Crippen LogP contribution in [-0.4, -0.2) is 19.1 Å². The molecular weight excluding hydrogens is 287 g/mol. The lowest BCUT2D eigenvalue weighted by molar-refractivity contribution is 0.453. The van der Waals surface area contributed by atoms with Crippen LogP contribution >= 0.6 is 0 Å². The second kappa shape index (κ2) is 6.71. The van der Waals surface area contributed by atoms with E-state index in [1.165, 1.54) is 17.2 Å². The van der Waals surface area contributed by atoms with Gasteiger partial charge < -0.3 is 10.6 Å². The number of rotatable bonds is 3. The molecule has 0 bridgehead atoms. The molecule has 2 N–H and O–H groups in total. The number of halogens is 1. The molecule has 0 saturated carbocycles. The van der Waals surface area contributed by atoms with Gasteiger partial charge in [0.15, 0.2) is 0 Å². The zero-order valence-electron chi connectivity index (χ0n) is 13.9. The first kappa shape index (κ1) is 16.0. The molecule has 1 heterocycles. The summed E-state index contributed by atoms with van der Waals surface area (Å²) in [5, 5.41) is 0. The summed E-state index contributed by atoms with van der Waals surface area (Å²) in [4.78, 5) is 2.21. The van der Waals surface area contributed by atoms with Gasteiger partial charge in [-0.2, -0.15) is 0 Å². The van der Waals surface area contributed by atoms with E-state index in [2.05, 4.69) is 43.0 Å². The van der Waals surface area contributed by atoms with Gasteiger partial charge in [-0.25, -0.2) is 4.39 Å². The molecule has 122 valence electrons. The Morgan fingerprint density at radius 2 is 1.83 bits per heavy atom. The summed E-state index contributed by atoms with van der Waals surface area (Å²) in [7, 11) is 0. The van der Waals surface area contributed by atoms with Gasteiger partial charge in [-0.3, -0.25) is 0 Å². The van der Waals surface area contributed by atoms with E-state index in [-0.39, 0.29) is 11.9 Å². The van der Waals surface area contributed by atoms with Crippen LogP contribution in [0, 0.1) is 5.82 Å². The monoisotopic (exact) mass is 312 g/mol. The van der Waals surface area contributed by atoms with Crippen molar-refractivity contribution in [2.75, 3.05) is 18.0 Å². The lowest BCUT2D eigenvalue weighted by Gasteiger charge is -2.38. The molecule has 3 heteroatoms. The van der Waals surface area contributed by atoms with Crippen molar-refractivity contribution in [3.63, 3.8) is 0 Å². The van der Waals surface area contributed by atoms with E-state index in [1.807, 2.05) is 6.07 Å². The van der Waals surface area contributed by atoms with E-state index in [0.717, 1.165) is 25.2 Å². The summed E-state index contributed by atoms with van der Waals surface area (Å²) >= 11 is 0. The van der Waals surface area contributed by atoms with Crippen molar-refractivity contribution in [2.24, 2.45) is 5.73 Å². The summed E-state index contributed by atoms with van der Waals surface area (Å²) in [5.41, 5.74) is 9.87. The Kier molecular flexibility index (Phi) is 4.67. The Morgan fingerprint density at radius 1 is 1.09 bits per heavy atom. The van der Waals surface area contributed by atoms with Gasteiger partial charge in [-0.15, -0.1) is 0 Å². The standard InChI is InChI=1S/C20H25FN2/c1-14(2)15-6-8-16(9-7-15)17-10-19(22)13-23(12-17)20-5-3-4-18(21)11-20/h3-9,11,14,17,19H,10,12-13,22H2,1-2H3. The quantitative estimate of drug-likeness (QED) is 0.917. The highest BCUT2D eigenvalue weighted by Crippen LogP contribution is 2.30. The number of benzene rings is 2. The maximum atomic E-state index is 13.5. The van der Waals surface area contributed by atoms with Crippen LogP contribution in [0.4, 0.5) is 10.1 Å². The number of nitrogens with two attached hydrogens (primary N) is 1. The molecule has 1 fully saturated rings. The first-order valence-electron chi connectivity index (χ1n) is 8.39. The van der Waals surface area contributed by atoms with Crippen LogP contribution in [0.2, 0.25) is 0 Å². The topological polar surface area (TPSA) is 29.3 Å². The maximum absolute atomic E-state index is 13.5. The van der Waals surface area contributed by atoms with Gasteiger partial charge in [0.2, 0.25) is 0 Å². The molecule has 3 rings (SSSR count). The van der Waals surface area contributed by atoms with Gasteiger partial charge in [0.1, 0.15) is 5.82 Å². The van der Waals surface area contributed by atoms with Crippen molar-refractivity contribution in [1.29, 1.82) is 0 Å². The molecule has 1 saturated heterocycles. The van der Waals surface area contributed by atoms with E-state index in [9.17, 15) is 4.39 Å². The van der Waals surface area contributed by atoms with Crippen LogP contribution in [0.15, 0.2) is 48.5 Å². The van der Waals surface area contributed by atoms with E-state index < -0.39 is 0 Å². The molecular formula is C20H25FN2. The van der Waals surface area contributed by atoms with Crippen LogP contribution in [-0.2, 0) is 0 Å². The minimum Gasteiger partial charge on any atom is -0.369 e. The lowest BCUT2D eigenvalue weighted by Crippen LogP contribution is -2.46. The first-order valence-corrected chi connectivity index (χ1v) is 8.39. The van der Waals surface area contributed by atoms with Crippen LogP contribution in [0.5, 0.6) is 0 Å². The van der Waals surface area contributed by atoms with Crippen molar-refractivity contribution in [3.8, 4) is 0 Å². The molecule has 0 radical (unpaired) electrons. The summed E-state index contributed by atoms with van der Waals surface area (Å²) < 4.78 is 13.5. The second-order valence-electron chi connectivity index (χ2n) is 6.90. The fourth-order valence-electron chi connectivity index (χ4n) is 3.42. The SMILES string of the molecule is CC(C)c1ccc(C2CC(N)CN(c3cccc(F)c3)C2)cc1. The molecule has 1 aliphatic rings. The number of hydrogen-bond acceptors (Lipinski definition) is 2. The molecule has 2 atom stereocenters. The largest absolute Gasteiger partial charge is 0.369 e. The van der Waals surface area contributed by atoms with E-state index in [4.69, 9.17) is 5.73 Å². The van der Waals surface area contributed by atoms with Gasteiger partial charge in [-0.05, 0) is 41.7 Å². The second-order valence-corrected chi connectivity index (χ2v) is 6.90. The van der Waals surface area contributed by atoms with Gasteiger partial charge in [-0.1, -0.05) is 44.2 Å². The molecule has 0 spiro atoms. The average Bonchev–Trinajstić information content (AvgIpc) is 2.54. The Labute approximate surface area is 138 Å². The number of nitrogens with zero attached hydrogens (tertiary/aromatic N) is 1. The fourth-order valence-corrected chi connectivity index (χ4v) is 3.42. The van der Waals surface area contributed by atoms with Crippen LogP contribution < -0.4 is 10.6 Å². The highest BCUT2D eigenvalue weighted by Gasteiger charge is 2.26. The molecule has 0 amide bonds. The third kappa shape index (κ3) is 3.73. The zero-order valence-corrected chi connectivity index (χ0v) is 13.9. The molecule has 23 heavy (non-hydrogen) atoms. The van der Waals surface area contributed by atoms with Gasteiger partial charge in [0, 0.05) is 30.7 Å². The fraction of sp³-hybridized carbons (Fsp3) is 0.400. The molecule has 0 aromatic heterocycles. The van der Waals surface area contributed by atoms with E-state index in [1.54, 1.807) is 12.1 Å². The third-order valence-electron chi connectivity index (χ3n) is 4.73. The average molecular weight is 312 g/mol. The normalized spacial score (nSPS) is 21.7. The highest BCUT2D eigenvalue weighted by molar-refractivity contribution is 5.48. The van der Waals surface area contributed by atoms with Crippen molar-refractivity contribution in [1.82, 2.24) is 0 Å². The Hall–Kier alpha value is -1.87. The number of hydrogen-bond donors (Lipinski definition) is 1. The molecule has 2 aromatic rings. The van der Waals surface area contributed by atoms with Crippen molar-refractivity contribution >= 4 is 5.69 Å². The molecule has 1 aliphatic heterocycles. The summed E-state index contributed by atoms with van der Waals surface area (Å²) in [5.74, 6) is 0.740. The van der Waals surface area contributed by atoms with Crippen LogP contribution in [0.3, 0.4) is 0 Å². The van der Waals surface area contributed by atoms with Gasteiger partial charge in [0.25, 0.3) is 0 Å². The van der Waals surface area contributed by atoms with E-state index in [0.29, 0.717) is 11.8 Å². The molecule has 0 aliphatic carbocycles. The van der Waals surface area contributed by atoms with E-state index >= 15 is 0 Å². The van der Waals surface area contributed by atoms with Crippen molar-refractivity contribution in [2.45, 2.75) is 38.1 Å². The predicted molar refractivity (Wildman–Crippen MR) is 94.5 cm³/mol. The molecule has 2 nitrogen and oxygen atoms in total. The Morgan fingerprint density at radius 3 is 2.48 bits per heavy atom. The highest BCUT2D eigenvalue weighted by atomic mass is 19.1. The summed E-state index contributed by atoms with van der Waals surface area (Å²) in [6.45, 7) is 6.08. The third-order valence-corrected chi connectivity index (χ3v) is 4.73. The number of anilines is 1. The number of piperidine rings is 1. The summed E-state index contributed by atoms with van der Waals surface area (Å²) in [6.07, 6.45) is 0.979. The maximum Gasteiger partial charge on any atom is 0.125 e. The predicted octanol–water partition coefficient (Wildman–Crippen LogP) is 4.27. The molecule has 2 aromatic carbocycles. The van der Waals surface area contributed by atoms with Crippen molar-refractivity contribution in [3.05, 3.63) is 65.5 Å². The lowest BCUT2D eigenvalue weighted by atomic mass is 9.87. The van der Waals surface area contributed by atoms with Crippen LogP contribution in [0.1, 0.15) is 43.2 Å².